The van der Waals surface area contributed by atoms with Crippen LogP contribution in [0.25, 0.3) is 0 Å². The van der Waals surface area contributed by atoms with E-state index in [1.165, 1.54) is 14.2 Å². The van der Waals surface area contributed by atoms with Gasteiger partial charge in [-0.3, -0.25) is 9.80 Å². The summed E-state index contributed by atoms with van der Waals surface area (Å²) in [6.07, 6.45) is 0. The number of hydrogen-bond acceptors (Lipinski definition) is 3. The first-order chi connectivity index (χ1) is 6.97. The van der Waals surface area contributed by atoms with E-state index in [1.807, 2.05) is 19.9 Å². The molecule has 0 fully saturated rings. The number of hydrazine groups is 1. The van der Waals surface area contributed by atoms with Crippen LogP contribution in [0.15, 0.2) is 12.1 Å². The van der Waals surface area contributed by atoms with E-state index in [4.69, 9.17) is 10.6 Å². The predicted octanol–water partition coefficient (Wildman–Crippen LogP) is 1.26. The van der Waals surface area contributed by atoms with Gasteiger partial charge in [0.15, 0.2) is 0 Å². The number of methoxy groups -OCH3 is 1. The molecule has 0 aliphatic rings. The first-order valence-electron chi connectivity index (χ1n) is 4.65. The quantitative estimate of drug-likeness (QED) is 0.452. The zero-order valence-electron chi connectivity index (χ0n) is 9.50. The molecule has 4 nitrogen and oxygen atoms in total. The highest BCUT2D eigenvalue weighted by atomic mass is 16.5. The second kappa shape index (κ2) is 4.31. The Morgan fingerprint density at radius 3 is 2.33 bits per heavy atom. The Kier molecular flexibility index (Phi) is 3.31. The van der Waals surface area contributed by atoms with E-state index in [1.54, 1.807) is 6.07 Å². The first-order valence-corrected chi connectivity index (χ1v) is 4.65. The Hall–Kier alpha value is -1.55. The number of nitrogens with zero attached hydrogens (tertiary/aromatic N) is 1. The van der Waals surface area contributed by atoms with Crippen LogP contribution in [0.1, 0.15) is 21.5 Å². The van der Waals surface area contributed by atoms with E-state index >= 15 is 0 Å². The van der Waals surface area contributed by atoms with Crippen LogP contribution in [0.3, 0.4) is 0 Å². The molecular formula is C11H16N2O2. The molecule has 1 aromatic carbocycles. The lowest BCUT2D eigenvalue weighted by Gasteiger charge is -2.14. The monoisotopic (exact) mass is 208 g/mol. The Labute approximate surface area is 89.6 Å². The zero-order valence-corrected chi connectivity index (χ0v) is 9.50. The standard InChI is InChI=1S/C11H16N2O2/c1-7-5-9(11(14)13(3)12)10(15-4)6-8(7)2/h5-6H,12H2,1-4H3. The van der Waals surface area contributed by atoms with Crippen LogP contribution < -0.4 is 10.6 Å². The van der Waals surface area contributed by atoms with Gasteiger partial charge >= 0.3 is 0 Å². The van der Waals surface area contributed by atoms with E-state index in [0.29, 0.717) is 11.3 Å². The van der Waals surface area contributed by atoms with Gasteiger partial charge in [-0.15, -0.1) is 0 Å². The molecule has 0 unspecified atom stereocenters. The highest BCUT2D eigenvalue weighted by molar-refractivity contribution is 5.96. The van der Waals surface area contributed by atoms with Crippen molar-refractivity contribution in [2.45, 2.75) is 13.8 Å². The van der Waals surface area contributed by atoms with E-state index in [9.17, 15) is 4.79 Å². The molecule has 15 heavy (non-hydrogen) atoms. The molecule has 1 amide bonds. The Bertz CT molecular complexity index is 386. The van der Waals surface area contributed by atoms with Crippen LogP contribution in [-0.4, -0.2) is 25.1 Å². The number of carbonyl (C=O) groups excluding carboxylic acids is 1. The average molecular weight is 208 g/mol. The van der Waals surface area contributed by atoms with Gasteiger partial charge in [-0.2, -0.15) is 0 Å². The maximum absolute atomic E-state index is 11.7. The molecule has 0 aliphatic carbocycles. The summed E-state index contributed by atoms with van der Waals surface area (Å²) in [5.74, 6) is 5.71. The van der Waals surface area contributed by atoms with Gasteiger partial charge in [-0.1, -0.05) is 0 Å². The predicted molar refractivity (Wildman–Crippen MR) is 58.7 cm³/mol. The molecule has 4 heteroatoms. The minimum absolute atomic E-state index is 0.255. The maximum atomic E-state index is 11.7. The van der Waals surface area contributed by atoms with Gasteiger partial charge in [0.2, 0.25) is 0 Å². The number of amides is 1. The highest BCUT2D eigenvalue weighted by Crippen LogP contribution is 2.23. The number of nitrogens with two attached hydrogens (primary N) is 1. The topological polar surface area (TPSA) is 55.6 Å². The van der Waals surface area contributed by atoms with E-state index in [0.717, 1.165) is 16.1 Å². The highest BCUT2D eigenvalue weighted by Gasteiger charge is 2.15. The maximum Gasteiger partial charge on any atom is 0.271 e. The molecule has 1 aromatic rings. The lowest BCUT2D eigenvalue weighted by molar-refractivity contribution is 0.0791. The van der Waals surface area contributed by atoms with Gasteiger partial charge in [0.1, 0.15) is 5.75 Å². The SMILES string of the molecule is COc1cc(C)c(C)cc1C(=O)N(C)N. The third-order valence-electron chi connectivity index (χ3n) is 2.37. The molecule has 0 bridgehead atoms. The summed E-state index contributed by atoms with van der Waals surface area (Å²) in [6, 6.07) is 3.63. The van der Waals surface area contributed by atoms with Gasteiger partial charge in [0, 0.05) is 7.05 Å². The van der Waals surface area contributed by atoms with Crippen molar-refractivity contribution in [1.82, 2.24) is 5.01 Å². The number of rotatable bonds is 2. The Balaban J connectivity index is 3.27. The largest absolute Gasteiger partial charge is 0.496 e. The fourth-order valence-corrected chi connectivity index (χ4v) is 1.32. The molecule has 2 N–H and O–H groups in total. The van der Waals surface area contributed by atoms with Crippen LogP contribution in [0.5, 0.6) is 5.75 Å². The third-order valence-corrected chi connectivity index (χ3v) is 2.37. The Morgan fingerprint density at radius 1 is 1.33 bits per heavy atom. The fraction of sp³-hybridized carbons (Fsp3) is 0.364. The summed E-state index contributed by atoms with van der Waals surface area (Å²) >= 11 is 0. The summed E-state index contributed by atoms with van der Waals surface area (Å²) in [7, 11) is 3.05. The normalized spacial score (nSPS) is 9.93. The first kappa shape index (κ1) is 11.5. The van der Waals surface area contributed by atoms with Gasteiger partial charge in [0.25, 0.3) is 5.91 Å². The van der Waals surface area contributed by atoms with Crippen molar-refractivity contribution >= 4 is 5.91 Å². The number of hydrogen-bond donors (Lipinski definition) is 1. The second-order valence-electron chi connectivity index (χ2n) is 3.55. The van der Waals surface area contributed by atoms with E-state index in [-0.39, 0.29) is 5.91 Å². The van der Waals surface area contributed by atoms with Crippen molar-refractivity contribution in [2.24, 2.45) is 5.84 Å². The molecule has 1 rings (SSSR count). The smallest absolute Gasteiger partial charge is 0.271 e. The van der Waals surface area contributed by atoms with E-state index in [2.05, 4.69) is 0 Å². The Morgan fingerprint density at radius 2 is 1.87 bits per heavy atom. The molecule has 82 valence electrons. The van der Waals surface area contributed by atoms with Crippen LogP contribution in [-0.2, 0) is 0 Å². The van der Waals surface area contributed by atoms with Gasteiger partial charge in [-0.25, -0.2) is 5.84 Å². The summed E-state index contributed by atoms with van der Waals surface area (Å²) in [6.45, 7) is 3.92. The van der Waals surface area contributed by atoms with Crippen molar-refractivity contribution in [1.29, 1.82) is 0 Å². The zero-order chi connectivity index (χ0) is 11.6. The van der Waals surface area contributed by atoms with Crippen molar-refractivity contribution in [3.63, 3.8) is 0 Å². The van der Waals surface area contributed by atoms with Crippen LogP contribution >= 0.6 is 0 Å². The lowest BCUT2D eigenvalue weighted by atomic mass is 10.0. The number of ether oxygens (including phenoxy) is 1. The number of aryl methyl sites for hydroxylation is 2. The molecule has 0 radical (unpaired) electrons. The second-order valence-corrected chi connectivity index (χ2v) is 3.55. The molecule has 0 saturated carbocycles. The molecule has 0 aliphatic heterocycles. The number of benzene rings is 1. The molecule has 0 heterocycles. The van der Waals surface area contributed by atoms with Crippen molar-refractivity contribution in [3.05, 3.63) is 28.8 Å². The summed E-state index contributed by atoms with van der Waals surface area (Å²) in [5.41, 5.74) is 2.62. The molecular weight excluding hydrogens is 192 g/mol. The lowest BCUT2D eigenvalue weighted by Crippen LogP contribution is -2.33. The average Bonchev–Trinajstić information content (AvgIpc) is 2.20. The molecule has 0 aromatic heterocycles. The minimum atomic E-state index is -0.255. The molecule has 0 spiro atoms. The summed E-state index contributed by atoms with van der Waals surface area (Å²) < 4.78 is 5.15. The van der Waals surface area contributed by atoms with Crippen LogP contribution in [0, 0.1) is 13.8 Å². The fourth-order valence-electron chi connectivity index (χ4n) is 1.32. The van der Waals surface area contributed by atoms with Gasteiger partial charge in [0.05, 0.1) is 12.7 Å². The minimum Gasteiger partial charge on any atom is -0.496 e. The van der Waals surface area contributed by atoms with E-state index < -0.39 is 0 Å². The van der Waals surface area contributed by atoms with Crippen molar-refractivity contribution in [3.8, 4) is 5.75 Å². The van der Waals surface area contributed by atoms with Crippen molar-refractivity contribution in [2.75, 3.05) is 14.2 Å². The third kappa shape index (κ3) is 2.27. The molecule has 0 saturated heterocycles. The van der Waals surface area contributed by atoms with Crippen molar-refractivity contribution < 1.29 is 9.53 Å². The van der Waals surface area contributed by atoms with Crippen LogP contribution in [0.2, 0.25) is 0 Å². The summed E-state index contributed by atoms with van der Waals surface area (Å²) in [5, 5.41) is 1.05. The van der Waals surface area contributed by atoms with Gasteiger partial charge < -0.3 is 4.74 Å². The van der Waals surface area contributed by atoms with Gasteiger partial charge in [-0.05, 0) is 37.1 Å². The number of carbonyl (C=O) groups is 1. The molecule has 0 atom stereocenters. The van der Waals surface area contributed by atoms with Crippen LogP contribution in [0.4, 0.5) is 0 Å². The summed E-state index contributed by atoms with van der Waals surface area (Å²) in [4.78, 5) is 11.7.